The van der Waals surface area contributed by atoms with Crippen molar-refractivity contribution < 1.29 is 13.9 Å². The van der Waals surface area contributed by atoms with E-state index in [0.29, 0.717) is 37.0 Å². The van der Waals surface area contributed by atoms with Crippen LogP contribution in [-0.4, -0.2) is 44.0 Å². The second-order valence-corrected chi connectivity index (χ2v) is 9.05. The number of rotatable bonds is 4. The molecule has 0 saturated carbocycles. The number of hydrogen-bond acceptors (Lipinski definition) is 7. The van der Waals surface area contributed by atoms with Crippen LogP contribution < -0.4 is 4.74 Å². The Morgan fingerprint density at radius 2 is 2.00 bits per heavy atom. The van der Waals surface area contributed by atoms with Gasteiger partial charge in [0.2, 0.25) is 0 Å². The summed E-state index contributed by atoms with van der Waals surface area (Å²) in [6.45, 7) is 1.39. The maximum atomic E-state index is 13.9. The number of ether oxygens (including phenoxy) is 1. The summed E-state index contributed by atoms with van der Waals surface area (Å²) in [6.07, 6.45) is 3.43. The molecule has 34 heavy (non-hydrogen) atoms. The maximum Gasteiger partial charge on any atom is 0.287 e. The van der Waals surface area contributed by atoms with Crippen molar-refractivity contribution in [2.45, 2.75) is 12.6 Å². The van der Waals surface area contributed by atoms with Crippen molar-refractivity contribution in [3.8, 4) is 17.1 Å². The van der Waals surface area contributed by atoms with E-state index < -0.39 is 0 Å². The highest BCUT2D eigenvalue weighted by atomic mass is 32.1. The monoisotopic (exact) mass is 473 g/mol. The molecule has 4 aromatic rings. The molecular formula is C25H20FN5O2S. The lowest BCUT2D eigenvalue weighted by atomic mass is 9.91. The molecule has 4 heterocycles. The fourth-order valence-electron chi connectivity index (χ4n) is 4.73. The number of hydrogen-bond donors (Lipinski definition) is 0. The standard InChI is InChI=1S/C25H20FN5O2S/c26-19-5-6-20-22(10-19)33-13-18-12-31(25(32)21-14-34-15-29-21)30(23(18)20)11-16-3-1-4-17(9-16)24-27-7-2-8-28-24/h1-10,14-15,18,23H,11-13H2/t18-,23-/m1/s1. The smallest absolute Gasteiger partial charge is 0.287 e. The number of hydrazine groups is 1. The van der Waals surface area contributed by atoms with Gasteiger partial charge in [-0.25, -0.2) is 24.4 Å². The molecule has 2 atom stereocenters. The normalized spacial score (nSPS) is 19.4. The number of carbonyl (C=O) groups is 1. The minimum atomic E-state index is -0.340. The average molecular weight is 474 g/mol. The summed E-state index contributed by atoms with van der Waals surface area (Å²) in [6, 6.07) is 14.3. The first kappa shape index (κ1) is 20.9. The Labute approximate surface area is 199 Å². The zero-order chi connectivity index (χ0) is 23.1. The predicted molar refractivity (Wildman–Crippen MR) is 124 cm³/mol. The molecule has 0 spiro atoms. The lowest BCUT2D eigenvalue weighted by Crippen LogP contribution is -2.42. The summed E-state index contributed by atoms with van der Waals surface area (Å²) in [5.74, 6) is 0.738. The van der Waals surface area contributed by atoms with Gasteiger partial charge in [0.25, 0.3) is 5.91 Å². The second kappa shape index (κ2) is 8.58. The fourth-order valence-corrected chi connectivity index (χ4v) is 5.26. The van der Waals surface area contributed by atoms with Crippen LogP contribution in [-0.2, 0) is 6.54 Å². The molecule has 9 heteroatoms. The van der Waals surface area contributed by atoms with Crippen LogP contribution >= 0.6 is 11.3 Å². The minimum absolute atomic E-state index is 0.0567. The number of carbonyl (C=O) groups excluding carboxylic acids is 1. The van der Waals surface area contributed by atoms with Crippen LogP contribution in [0.3, 0.4) is 0 Å². The van der Waals surface area contributed by atoms with Crippen LogP contribution in [0.15, 0.2) is 71.8 Å². The van der Waals surface area contributed by atoms with Crippen molar-refractivity contribution in [1.29, 1.82) is 0 Å². The van der Waals surface area contributed by atoms with E-state index in [1.165, 1.54) is 23.5 Å². The van der Waals surface area contributed by atoms with Crippen LogP contribution in [0.5, 0.6) is 5.75 Å². The summed E-state index contributed by atoms with van der Waals surface area (Å²) in [5.41, 5.74) is 4.87. The Bertz CT molecular complexity index is 1330. The SMILES string of the molecule is O=C(c1cscn1)N1C[C@@H]2COc3cc(F)ccc3[C@@H]2N1Cc1cccc(-c2ncccn2)c1. The third-order valence-corrected chi connectivity index (χ3v) is 6.80. The zero-order valence-electron chi connectivity index (χ0n) is 18.0. The number of aromatic nitrogens is 3. The van der Waals surface area contributed by atoms with Crippen LogP contribution in [0.1, 0.15) is 27.7 Å². The zero-order valence-corrected chi connectivity index (χ0v) is 18.9. The lowest BCUT2D eigenvalue weighted by molar-refractivity contribution is -0.00631. The van der Waals surface area contributed by atoms with Crippen LogP contribution in [0.25, 0.3) is 11.4 Å². The van der Waals surface area contributed by atoms with Crippen molar-refractivity contribution in [2.24, 2.45) is 5.92 Å². The summed E-state index contributed by atoms with van der Waals surface area (Å²) in [4.78, 5) is 26.4. The Kier molecular flexibility index (Phi) is 5.27. The van der Waals surface area contributed by atoms with Crippen molar-refractivity contribution >= 4 is 17.2 Å². The van der Waals surface area contributed by atoms with E-state index in [9.17, 15) is 9.18 Å². The third kappa shape index (κ3) is 3.72. The fraction of sp³-hybridized carbons (Fsp3) is 0.200. The Morgan fingerprint density at radius 1 is 1.12 bits per heavy atom. The summed E-state index contributed by atoms with van der Waals surface area (Å²) < 4.78 is 19.8. The largest absolute Gasteiger partial charge is 0.493 e. The number of halogens is 1. The molecule has 0 unspecified atom stereocenters. The number of benzene rings is 2. The molecule has 0 N–H and O–H groups in total. The van der Waals surface area contributed by atoms with Gasteiger partial charge in [-0.2, -0.15) is 0 Å². The molecule has 0 aliphatic carbocycles. The van der Waals surface area contributed by atoms with Crippen molar-refractivity contribution in [2.75, 3.05) is 13.2 Å². The van der Waals surface area contributed by atoms with E-state index in [1.807, 2.05) is 24.3 Å². The summed E-state index contributed by atoms with van der Waals surface area (Å²) >= 11 is 1.39. The van der Waals surface area contributed by atoms with E-state index in [-0.39, 0.29) is 23.7 Å². The molecule has 1 fully saturated rings. The molecule has 2 aromatic heterocycles. The van der Waals surface area contributed by atoms with Gasteiger partial charge in [-0.05, 0) is 23.8 Å². The molecule has 2 aliphatic rings. The van der Waals surface area contributed by atoms with E-state index in [2.05, 4.69) is 20.0 Å². The van der Waals surface area contributed by atoms with E-state index in [0.717, 1.165) is 16.7 Å². The molecule has 1 saturated heterocycles. The van der Waals surface area contributed by atoms with Gasteiger partial charge in [-0.1, -0.05) is 24.3 Å². The first-order valence-corrected chi connectivity index (χ1v) is 11.9. The van der Waals surface area contributed by atoms with Gasteiger partial charge in [0, 0.05) is 54.0 Å². The molecule has 170 valence electrons. The molecular weight excluding hydrogens is 453 g/mol. The highest BCUT2D eigenvalue weighted by molar-refractivity contribution is 7.07. The second-order valence-electron chi connectivity index (χ2n) is 8.33. The van der Waals surface area contributed by atoms with Crippen molar-refractivity contribution in [3.05, 3.63) is 94.5 Å². The maximum absolute atomic E-state index is 13.9. The van der Waals surface area contributed by atoms with Gasteiger partial charge in [0.1, 0.15) is 17.3 Å². The van der Waals surface area contributed by atoms with Crippen LogP contribution in [0.4, 0.5) is 4.39 Å². The molecule has 0 radical (unpaired) electrons. The Balaban J connectivity index is 1.39. The Morgan fingerprint density at radius 3 is 2.82 bits per heavy atom. The van der Waals surface area contributed by atoms with Gasteiger partial charge >= 0.3 is 0 Å². The predicted octanol–water partition coefficient (Wildman–Crippen LogP) is 4.36. The van der Waals surface area contributed by atoms with Crippen LogP contribution in [0, 0.1) is 11.7 Å². The van der Waals surface area contributed by atoms with Gasteiger partial charge < -0.3 is 4.74 Å². The van der Waals surface area contributed by atoms with Crippen molar-refractivity contribution in [1.82, 2.24) is 25.0 Å². The summed E-state index contributed by atoms with van der Waals surface area (Å²) in [5, 5.41) is 5.59. The van der Waals surface area contributed by atoms with E-state index in [4.69, 9.17) is 4.74 Å². The number of nitrogens with zero attached hydrogens (tertiary/aromatic N) is 5. The quantitative estimate of drug-likeness (QED) is 0.439. The van der Waals surface area contributed by atoms with Crippen LogP contribution in [0.2, 0.25) is 0 Å². The first-order chi connectivity index (χ1) is 16.7. The Hall–Kier alpha value is -3.69. The molecule has 7 nitrogen and oxygen atoms in total. The van der Waals surface area contributed by atoms with E-state index in [1.54, 1.807) is 40.4 Å². The molecule has 1 amide bonds. The number of thiazole rings is 1. The van der Waals surface area contributed by atoms with Gasteiger partial charge in [0.05, 0.1) is 18.2 Å². The average Bonchev–Trinajstić information content (AvgIpc) is 3.53. The highest BCUT2D eigenvalue weighted by Gasteiger charge is 2.47. The topological polar surface area (TPSA) is 71.5 Å². The van der Waals surface area contributed by atoms with Crippen molar-refractivity contribution in [3.63, 3.8) is 0 Å². The molecule has 0 bridgehead atoms. The third-order valence-electron chi connectivity index (χ3n) is 6.21. The van der Waals surface area contributed by atoms with E-state index >= 15 is 0 Å². The molecule has 6 rings (SSSR count). The van der Waals surface area contributed by atoms with Gasteiger partial charge in [-0.3, -0.25) is 9.80 Å². The highest BCUT2D eigenvalue weighted by Crippen LogP contribution is 2.45. The van der Waals surface area contributed by atoms with Gasteiger partial charge in [0.15, 0.2) is 5.82 Å². The first-order valence-electron chi connectivity index (χ1n) is 10.9. The summed E-state index contributed by atoms with van der Waals surface area (Å²) in [7, 11) is 0. The molecule has 2 aromatic carbocycles. The number of fused-ring (bicyclic) bond motifs is 3. The molecule has 2 aliphatic heterocycles. The lowest BCUT2D eigenvalue weighted by Gasteiger charge is -2.35. The van der Waals surface area contributed by atoms with Gasteiger partial charge in [-0.15, -0.1) is 11.3 Å². The number of amides is 1. The minimum Gasteiger partial charge on any atom is -0.493 e.